The Morgan fingerprint density at radius 3 is 2.72 bits per heavy atom. The number of alkyl halides is 3. The summed E-state index contributed by atoms with van der Waals surface area (Å²) < 4.78 is 40.3. The van der Waals surface area contributed by atoms with Gasteiger partial charge in [0, 0.05) is 36.8 Å². The number of nitrogens with zero attached hydrogens (tertiary/aromatic N) is 2. The number of hydrogen-bond donors (Lipinski definition) is 4. The summed E-state index contributed by atoms with van der Waals surface area (Å²) in [5, 5.41) is 17.0. The zero-order chi connectivity index (χ0) is 23.6. The average molecular weight is 469 g/mol. The Balaban J connectivity index is 1.97. The van der Waals surface area contributed by atoms with Gasteiger partial charge < -0.3 is 16.0 Å². The Kier molecular flexibility index (Phi) is 6.58. The van der Waals surface area contributed by atoms with E-state index in [2.05, 4.69) is 15.5 Å². The molecule has 0 bridgehead atoms. The summed E-state index contributed by atoms with van der Waals surface area (Å²) in [5.41, 5.74) is 4.41. The van der Waals surface area contributed by atoms with Crippen molar-refractivity contribution in [2.24, 2.45) is 5.73 Å². The molecule has 8 nitrogen and oxygen atoms in total. The molecule has 5 N–H and O–H groups in total. The highest BCUT2D eigenvalue weighted by Crippen LogP contribution is 2.35. The zero-order valence-corrected chi connectivity index (χ0v) is 17.6. The molecule has 2 aromatic rings. The maximum atomic E-state index is 13.4. The SMILES string of the molecule is C[C@H](NC1=C(C(=N)C(N)=O)CN(c2cn[nH]c(=O)c2Cl)CC1)c1ccccc1C(F)(F)F. The molecule has 0 saturated carbocycles. The van der Waals surface area contributed by atoms with Gasteiger partial charge >= 0.3 is 6.18 Å². The number of H-pyrrole nitrogens is 1. The molecule has 1 atom stereocenters. The number of anilines is 1. The van der Waals surface area contributed by atoms with Crippen molar-refractivity contribution in [2.45, 2.75) is 25.6 Å². The van der Waals surface area contributed by atoms with Gasteiger partial charge in [-0.2, -0.15) is 18.3 Å². The van der Waals surface area contributed by atoms with Gasteiger partial charge in [-0.25, -0.2) is 5.10 Å². The number of hydrogen-bond acceptors (Lipinski definition) is 6. The van der Waals surface area contributed by atoms with Crippen LogP contribution in [0.2, 0.25) is 5.02 Å². The van der Waals surface area contributed by atoms with Gasteiger partial charge in [0.15, 0.2) is 0 Å². The number of benzene rings is 1. The average Bonchev–Trinajstić information content (AvgIpc) is 2.75. The van der Waals surface area contributed by atoms with Crippen molar-refractivity contribution in [1.82, 2.24) is 15.5 Å². The number of carbonyl (C=O) groups is 1. The number of nitrogens with one attached hydrogen (secondary N) is 3. The summed E-state index contributed by atoms with van der Waals surface area (Å²) in [4.78, 5) is 25.2. The topological polar surface area (TPSA) is 128 Å². The molecular weight excluding hydrogens is 449 g/mol. The van der Waals surface area contributed by atoms with E-state index in [-0.39, 0.29) is 29.1 Å². The van der Waals surface area contributed by atoms with Crippen molar-refractivity contribution < 1.29 is 18.0 Å². The smallest absolute Gasteiger partial charge is 0.381 e. The number of nitrogens with two attached hydrogens (primary N) is 1. The first kappa shape index (κ1) is 23.3. The van der Waals surface area contributed by atoms with Crippen molar-refractivity contribution >= 4 is 28.9 Å². The van der Waals surface area contributed by atoms with Gasteiger partial charge in [-0.1, -0.05) is 29.8 Å². The van der Waals surface area contributed by atoms with Crippen molar-refractivity contribution in [3.63, 3.8) is 0 Å². The molecule has 32 heavy (non-hydrogen) atoms. The molecule has 0 fully saturated rings. The van der Waals surface area contributed by atoms with Crippen LogP contribution in [0.1, 0.15) is 30.5 Å². The van der Waals surface area contributed by atoms with Crippen LogP contribution in [0.4, 0.5) is 18.9 Å². The standard InChI is InChI=1S/C20H20ClF3N6O2/c1-10(11-4-2-3-5-13(11)20(22,23)24)28-14-6-7-30(9-12(14)17(25)18(26)31)15-8-27-29-19(32)16(15)21/h2-5,8,10,25,28H,6-7,9H2,1H3,(H2,26,31)(H,29,32)/t10-/m0/s1. The van der Waals surface area contributed by atoms with Gasteiger partial charge in [0.1, 0.15) is 10.7 Å². The molecule has 0 spiro atoms. The van der Waals surface area contributed by atoms with Crippen molar-refractivity contribution in [2.75, 3.05) is 18.0 Å². The van der Waals surface area contributed by atoms with Crippen LogP contribution in [0.3, 0.4) is 0 Å². The maximum absolute atomic E-state index is 13.4. The predicted molar refractivity (Wildman–Crippen MR) is 114 cm³/mol. The molecule has 0 unspecified atom stereocenters. The number of rotatable bonds is 6. The number of primary amides is 1. The Labute approximate surface area is 185 Å². The van der Waals surface area contributed by atoms with Crippen LogP contribution in [0.15, 0.2) is 46.5 Å². The van der Waals surface area contributed by atoms with Crippen LogP contribution in [0.25, 0.3) is 0 Å². The summed E-state index contributed by atoms with van der Waals surface area (Å²) in [7, 11) is 0. The highest BCUT2D eigenvalue weighted by atomic mass is 35.5. The minimum Gasteiger partial charge on any atom is -0.381 e. The first-order chi connectivity index (χ1) is 15.0. The molecule has 0 radical (unpaired) electrons. The Morgan fingerprint density at radius 2 is 2.06 bits per heavy atom. The number of carbonyl (C=O) groups excluding carboxylic acids is 1. The predicted octanol–water partition coefficient (Wildman–Crippen LogP) is 2.76. The molecule has 0 aliphatic carbocycles. The number of aromatic nitrogens is 2. The van der Waals surface area contributed by atoms with E-state index >= 15 is 0 Å². The lowest BCUT2D eigenvalue weighted by Gasteiger charge is -2.34. The monoisotopic (exact) mass is 468 g/mol. The van der Waals surface area contributed by atoms with Crippen LogP contribution in [0.5, 0.6) is 0 Å². The minimum absolute atomic E-state index is 0.0113. The lowest BCUT2D eigenvalue weighted by Crippen LogP contribution is -2.41. The van der Waals surface area contributed by atoms with E-state index in [9.17, 15) is 22.8 Å². The molecule has 1 aliphatic rings. The fourth-order valence-corrected chi connectivity index (χ4v) is 3.78. The van der Waals surface area contributed by atoms with Gasteiger partial charge in [-0.3, -0.25) is 15.0 Å². The molecule has 1 aromatic heterocycles. The molecule has 1 aromatic carbocycles. The first-order valence-corrected chi connectivity index (χ1v) is 9.90. The van der Waals surface area contributed by atoms with Crippen LogP contribution in [-0.4, -0.2) is 34.9 Å². The van der Waals surface area contributed by atoms with Crippen LogP contribution < -0.4 is 21.5 Å². The Hall–Kier alpha value is -3.34. The van der Waals surface area contributed by atoms with E-state index < -0.39 is 35.0 Å². The molecule has 170 valence electrons. The van der Waals surface area contributed by atoms with Crippen LogP contribution in [0, 0.1) is 5.41 Å². The van der Waals surface area contributed by atoms with Crippen molar-refractivity contribution in [3.05, 3.63) is 68.2 Å². The first-order valence-electron chi connectivity index (χ1n) is 9.52. The zero-order valence-electron chi connectivity index (χ0n) is 16.9. The Bertz CT molecular complexity index is 1140. The number of halogens is 4. The summed E-state index contributed by atoms with van der Waals surface area (Å²) in [6.45, 7) is 1.87. The minimum atomic E-state index is -4.53. The van der Waals surface area contributed by atoms with Crippen molar-refractivity contribution in [1.29, 1.82) is 5.41 Å². The third kappa shape index (κ3) is 4.77. The summed E-state index contributed by atoms with van der Waals surface area (Å²) >= 11 is 6.07. The Morgan fingerprint density at radius 1 is 1.38 bits per heavy atom. The summed E-state index contributed by atoms with van der Waals surface area (Å²) in [6.07, 6.45) is -2.94. The molecule has 1 aliphatic heterocycles. The fraction of sp³-hybridized carbons (Fsp3) is 0.300. The van der Waals surface area contributed by atoms with Gasteiger partial charge in [-0.05, 0) is 18.6 Å². The van der Waals surface area contributed by atoms with Gasteiger partial charge in [0.05, 0.1) is 17.4 Å². The number of aromatic amines is 1. The lowest BCUT2D eigenvalue weighted by molar-refractivity contribution is -0.138. The van der Waals surface area contributed by atoms with E-state index in [1.807, 2.05) is 0 Å². The highest BCUT2D eigenvalue weighted by molar-refractivity contribution is 6.44. The van der Waals surface area contributed by atoms with Crippen LogP contribution >= 0.6 is 11.6 Å². The molecule has 12 heteroatoms. The maximum Gasteiger partial charge on any atom is 0.416 e. The van der Waals surface area contributed by atoms with Gasteiger partial charge in [0.25, 0.3) is 11.5 Å². The van der Waals surface area contributed by atoms with E-state index in [1.165, 1.54) is 24.4 Å². The molecule has 1 amide bonds. The third-order valence-corrected chi connectivity index (χ3v) is 5.50. The van der Waals surface area contributed by atoms with Crippen molar-refractivity contribution in [3.8, 4) is 0 Å². The third-order valence-electron chi connectivity index (χ3n) is 5.13. The normalized spacial score (nSPS) is 15.5. The molecule has 2 heterocycles. The van der Waals surface area contributed by atoms with E-state index in [4.69, 9.17) is 22.7 Å². The van der Waals surface area contributed by atoms with E-state index in [0.29, 0.717) is 17.9 Å². The summed E-state index contributed by atoms with van der Waals surface area (Å²) in [6, 6.07) is 4.42. The molecule has 3 rings (SSSR count). The van der Waals surface area contributed by atoms with Gasteiger partial charge in [0.2, 0.25) is 0 Å². The fourth-order valence-electron chi connectivity index (χ4n) is 3.57. The lowest BCUT2D eigenvalue weighted by atomic mass is 9.97. The molecular formula is C20H20ClF3N6O2. The largest absolute Gasteiger partial charge is 0.416 e. The summed E-state index contributed by atoms with van der Waals surface area (Å²) in [5.74, 6) is -0.986. The van der Waals surface area contributed by atoms with E-state index in [1.54, 1.807) is 11.8 Å². The second-order valence-corrected chi connectivity index (χ2v) is 7.60. The van der Waals surface area contributed by atoms with E-state index in [0.717, 1.165) is 6.07 Å². The van der Waals surface area contributed by atoms with Crippen LogP contribution in [-0.2, 0) is 11.0 Å². The highest BCUT2D eigenvalue weighted by Gasteiger charge is 2.35. The molecule has 0 saturated heterocycles. The van der Waals surface area contributed by atoms with Gasteiger partial charge in [-0.15, -0.1) is 0 Å². The second-order valence-electron chi connectivity index (χ2n) is 7.22. The second kappa shape index (κ2) is 9.03. The quantitative estimate of drug-likeness (QED) is 0.485. The number of amides is 1.